The number of fused-ring (bicyclic) bond motifs is 1. The van der Waals surface area contributed by atoms with E-state index >= 15 is 0 Å². The molecular formula is C16H20N2OS. The Balaban J connectivity index is 1.83. The lowest BCUT2D eigenvalue weighted by Gasteiger charge is -2.26. The summed E-state index contributed by atoms with van der Waals surface area (Å²) in [6.45, 7) is 5.14. The summed E-state index contributed by atoms with van der Waals surface area (Å²) in [6.07, 6.45) is 1.99. The topological polar surface area (TPSA) is 41.1 Å². The summed E-state index contributed by atoms with van der Waals surface area (Å²) in [5.74, 6) is 0.141. The van der Waals surface area contributed by atoms with Crippen LogP contribution in [0.15, 0.2) is 24.3 Å². The van der Waals surface area contributed by atoms with Crippen molar-refractivity contribution in [3.05, 3.63) is 34.7 Å². The van der Waals surface area contributed by atoms with Crippen LogP contribution in [0.3, 0.4) is 0 Å². The van der Waals surface area contributed by atoms with Gasteiger partial charge in [0.15, 0.2) is 0 Å². The van der Waals surface area contributed by atoms with Gasteiger partial charge < -0.3 is 5.32 Å². The monoisotopic (exact) mass is 288 g/mol. The van der Waals surface area contributed by atoms with Gasteiger partial charge in [0, 0.05) is 22.2 Å². The lowest BCUT2D eigenvalue weighted by molar-refractivity contribution is -0.124. The Morgan fingerprint density at radius 2 is 2.20 bits per heavy atom. The molecule has 0 radical (unpaired) electrons. The highest BCUT2D eigenvalue weighted by molar-refractivity contribution is 7.19. The van der Waals surface area contributed by atoms with Gasteiger partial charge in [-0.05, 0) is 43.7 Å². The maximum absolute atomic E-state index is 11.8. The molecule has 1 fully saturated rings. The Bertz CT molecular complexity index is 634. The van der Waals surface area contributed by atoms with E-state index in [1.807, 2.05) is 11.3 Å². The molecule has 2 atom stereocenters. The first-order valence-corrected chi connectivity index (χ1v) is 8.00. The fourth-order valence-electron chi connectivity index (χ4n) is 2.91. The highest BCUT2D eigenvalue weighted by Crippen LogP contribution is 2.34. The Morgan fingerprint density at radius 1 is 1.40 bits per heavy atom. The van der Waals surface area contributed by atoms with Crippen molar-refractivity contribution in [1.29, 1.82) is 0 Å². The Morgan fingerprint density at radius 3 is 2.95 bits per heavy atom. The van der Waals surface area contributed by atoms with Gasteiger partial charge in [0.2, 0.25) is 5.91 Å². The zero-order valence-corrected chi connectivity index (χ0v) is 12.7. The van der Waals surface area contributed by atoms with E-state index < -0.39 is 0 Å². The molecule has 20 heavy (non-hydrogen) atoms. The van der Waals surface area contributed by atoms with Crippen LogP contribution in [0.4, 0.5) is 0 Å². The molecule has 2 unspecified atom stereocenters. The third-order valence-electron chi connectivity index (χ3n) is 4.01. The highest BCUT2D eigenvalue weighted by atomic mass is 32.1. The second-order valence-electron chi connectivity index (χ2n) is 5.46. The minimum absolute atomic E-state index is 0.0524. The molecule has 2 aromatic rings. The van der Waals surface area contributed by atoms with Crippen LogP contribution in [0, 0.1) is 6.92 Å². The molecule has 0 bridgehead atoms. The Hall–Kier alpha value is -1.39. The van der Waals surface area contributed by atoms with Crippen molar-refractivity contribution in [3.8, 4) is 0 Å². The van der Waals surface area contributed by atoms with E-state index in [9.17, 15) is 4.79 Å². The summed E-state index contributed by atoms with van der Waals surface area (Å²) in [5, 5.41) is 7.75. The summed E-state index contributed by atoms with van der Waals surface area (Å²) >= 11 is 1.83. The average molecular weight is 288 g/mol. The van der Waals surface area contributed by atoms with Crippen LogP contribution in [0.5, 0.6) is 0 Å². The quantitative estimate of drug-likeness (QED) is 0.911. The van der Waals surface area contributed by atoms with Crippen LogP contribution >= 0.6 is 11.3 Å². The van der Waals surface area contributed by atoms with Crippen molar-refractivity contribution in [2.45, 2.75) is 38.8 Å². The number of benzene rings is 1. The van der Waals surface area contributed by atoms with E-state index in [1.54, 1.807) is 0 Å². The molecule has 1 amide bonds. The molecule has 2 N–H and O–H groups in total. The van der Waals surface area contributed by atoms with Crippen molar-refractivity contribution in [3.63, 3.8) is 0 Å². The van der Waals surface area contributed by atoms with E-state index in [1.165, 1.54) is 20.5 Å². The molecule has 3 nitrogen and oxygen atoms in total. The number of amides is 1. The van der Waals surface area contributed by atoms with Gasteiger partial charge in [-0.1, -0.05) is 18.2 Å². The van der Waals surface area contributed by atoms with Crippen LogP contribution in [-0.4, -0.2) is 18.5 Å². The third-order valence-corrected chi connectivity index (χ3v) is 5.47. The van der Waals surface area contributed by atoms with E-state index in [2.05, 4.69) is 48.7 Å². The number of carbonyl (C=O) groups is 1. The molecule has 1 saturated heterocycles. The fraction of sp³-hybridized carbons (Fsp3) is 0.438. The molecule has 1 aliphatic heterocycles. The summed E-state index contributed by atoms with van der Waals surface area (Å²) in [6, 6.07) is 8.65. The first kappa shape index (κ1) is 13.6. The predicted molar refractivity (Wildman–Crippen MR) is 84.1 cm³/mol. The zero-order valence-electron chi connectivity index (χ0n) is 11.9. The first-order valence-electron chi connectivity index (χ1n) is 7.18. The number of nitrogens with one attached hydrogen (secondary N) is 2. The van der Waals surface area contributed by atoms with E-state index in [0.717, 1.165) is 19.4 Å². The third kappa shape index (κ3) is 2.45. The van der Waals surface area contributed by atoms with Crippen LogP contribution < -0.4 is 10.6 Å². The van der Waals surface area contributed by atoms with Gasteiger partial charge in [0.1, 0.15) is 0 Å². The smallest absolute Gasteiger partial charge is 0.237 e. The molecule has 0 aliphatic carbocycles. The summed E-state index contributed by atoms with van der Waals surface area (Å²) in [4.78, 5) is 13.2. The number of hydrogen-bond donors (Lipinski definition) is 2. The zero-order chi connectivity index (χ0) is 14.1. The maximum atomic E-state index is 11.8. The van der Waals surface area contributed by atoms with Crippen molar-refractivity contribution in [1.82, 2.24) is 10.6 Å². The van der Waals surface area contributed by atoms with Crippen LogP contribution in [0.25, 0.3) is 10.1 Å². The molecule has 1 aromatic carbocycles. The minimum Gasteiger partial charge on any atom is -0.355 e. The molecule has 4 heteroatoms. The number of thiophene rings is 1. The summed E-state index contributed by atoms with van der Waals surface area (Å²) in [7, 11) is 0. The van der Waals surface area contributed by atoms with Crippen molar-refractivity contribution in [2.75, 3.05) is 6.54 Å². The van der Waals surface area contributed by atoms with Gasteiger partial charge in [-0.15, -0.1) is 11.3 Å². The molecule has 2 heterocycles. The van der Waals surface area contributed by atoms with E-state index in [4.69, 9.17) is 0 Å². The van der Waals surface area contributed by atoms with E-state index in [-0.39, 0.29) is 18.0 Å². The number of aryl methyl sites for hydroxylation is 1. The van der Waals surface area contributed by atoms with Gasteiger partial charge in [-0.2, -0.15) is 0 Å². The van der Waals surface area contributed by atoms with Crippen LogP contribution in [0.1, 0.15) is 36.2 Å². The Kier molecular flexibility index (Phi) is 3.76. The van der Waals surface area contributed by atoms with Gasteiger partial charge in [0.25, 0.3) is 0 Å². The Labute approximate surface area is 123 Å². The molecule has 106 valence electrons. The standard InChI is InChI=1S/C16H20N2OS/c1-10-12-6-3-4-8-14(12)20-15(10)11(2)18-13-7-5-9-17-16(13)19/h3-4,6,8,11,13,18H,5,7,9H2,1-2H3,(H,17,19). The van der Waals surface area contributed by atoms with Crippen LogP contribution in [-0.2, 0) is 4.79 Å². The summed E-state index contributed by atoms with van der Waals surface area (Å²) < 4.78 is 1.32. The lowest BCUT2D eigenvalue weighted by Crippen LogP contribution is -2.48. The summed E-state index contributed by atoms with van der Waals surface area (Å²) in [5.41, 5.74) is 1.34. The SMILES string of the molecule is Cc1c(C(C)NC2CCCNC2=O)sc2ccccc12. The number of hydrogen-bond acceptors (Lipinski definition) is 3. The maximum Gasteiger partial charge on any atom is 0.237 e. The van der Waals surface area contributed by atoms with Gasteiger partial charge in [-0.3, -0.25) is 10.1 Å². The van der Waals surface area contributed by atoms with Gasteiger partial charge >= 0.3 is 0 Å². The molecule has 0 saturated carbocycles. The average Bonchev–Trinajstić information content (AvgIpc) is 2.79. The second kappa shape index (κ2) is 5.54. The second-order valence-corrected chi connectivity index (χ2v) is 6.55. The van der Waals surface area contributed by atoms with Crippen molar-refractivity contribution < 1.29 is 4.79 Å². The predicted octanol–water partition coefficient (Wildman–Crippen LogP) is 3.14. The van der Waals surface area contributed by atoms with Crippen LogP contribution in [0.2, 0.25) is 0 Å². The minimum atomic E-state index is -0.0524. The van der Waals surface area contributed by atoms with Gasteiger partial charge in [0.05, 0.1) is 6.04 Å². The lowest BCUT2D eigenvalue weighted by atomic mass is 10.0. The van der Waals surface area contributed by atoms with Crippen molar-refractivity contribution in [2.24, 2.45) is 0 Å². The number of rotatable bonds is 3. The largest absolute Gasteiger partial charge is 0.355 e. The normalized spacial score (nSPS) is 20.9. The molecule has 1 aliphatic rings. The number of carbonyl (C=O) groups excluding carboxylic acids is 1. The molecule has 0 spiro atoms. The number of piperidine rings is 1. The fourth-order valence-corrected chi connectivity index (χ4v) is 4.14. The van der Waals surface area contributed by atoms with E-state index in [0.29, 0.717) is 0 Å². The molecule has 3 rings (SSSR count). The highest BCUT2D eigenvalue weighted by Gasteiger charge is 2.25. The molecular weight excluding hydrogens is 268 g/mol. The molecule has 1 aromatic heterocycles. The van der Waals surface area contributed by atoms with Crippen molar-refractivity contribution >= 4 is 27.3 Å². The van der Waals surface area contributed by atoms with Gasteiger partial charge in [-0.25, -0.2) is 0 Å². The first-order chi connectivity index (χ1) is 9.66.